The molecule has 0 unspecified atom stereocenters. The van der Waals surface area contributed by atoms with Gasteiger partial charge in [-0.1, -0.05) is 20.8 Å². The molecule has 0 heterocycles. The SMILES string of the molecule is CC(C)(C)C(=O)CSCCO. The number of rotatable bonds is 4. The minimum atomic E-state index is -0.234. The van der Waals surface area contributed by atoms with Crippen LogP contribution in [0.25, 0.3) is 0 Å². The maximum Gasteiger partial charge on any atom is 0.148 e. The van der Waals surface area contributed by atoms with Crippen LogP contribution in [0.1, 0.15) is 20.8 Å². The summed E-state index contributed by atoms with van der Waals surface area (Å²) in [5, 5.41) is 8.45. The first-order valence-electron chi connectivity index (χ1n) is 3.70. The predicted octanol–water partition coefficient (Wildman–Crippen LogP) is 1.33. The normalized spacial score (nSPS) is 11.6. The molecule has 0 bridgehead atoms. The van der Waals surface area contributed by atoms with Crippen molar-refractivity contribution in [2.75, 3.05) is 18.1 Å². The number of hydrogen-bond donors (Lipinski definition) is 1. The average molecular weight is 176 g/mol. The summed E-state index contributed by atoms with van der Waals surface area (Å²) in [6.45, 7) is 5.89. The standard InChI is InChI=1S/C8H16O2S/c1-8(2,3)7(10)6-11-5-4-9/h9H,4-6H2,1-3H3. The zero-order valence-corrected chi connectivity index (χ0v) is 8.20. The third-order valence-electron chi connectivity index (χ3n) is 1.31. The van der Waals surface area contributed by atoms with E-state index in [9.17, 15) is 4.79 Å². The number of hydrogen-bond acceptors (Lipinski definition) is 3. The van der Waals surface area contributed by atoms with Crippen LogP contribution < -0.4 is 0 Å². The number of carbonyl (C=O) groups is 1. The molecular formula is C8H16O2S. The third kappa shape index (κ3) is 5.27. The van der Waals surface area contributed by atoms with E-state index in [2.05, 4.69) is 0 Å². The highest BCUT2D eigenvalue weighted by Crippen LogP contribution is 2.17. The minimum Gasteiger partial charge on any atom is -0.396 e. The Bertz CT molecular complexity index is 127. The van der Waals surface area contributed by atoms with Crippen molar-refractivity contribution in [3.8, 4) is 0 Å². The fraction of sp³-hybridized carbons (Fsp3) is 0.875. The second kappa shape index (κ2) is 4.78. The molecule has 0 aromatic carbocycles. The van der Waals surface area contributed by atoms with Crippen molar-refractivity contribution in [1.29, 1.82) is 0 Å². The van der Waals surface area contributed by atoms with Gasteiger partial charge in [0.15, 0.2) is 0 Å². The lowest BCUT2D eigenvalue weighted by Crippen LogP contribution is -2.22. The molecule has 0 radical (unpaired) electrons. The Morgan fingerprint density at radius 2 is 2.00 bits per heavy atom. The van der Waals surface area contributed by atoms with Crippen LogP contribution in [-0.2, 0) is 4.79 Å². The van der Waals surface area contributed by atoms with Gasteiger partial charge in [0.25, 0.3) is 0 Å². The maximum atomic E-state index is 11.2. The molecule has 0 aliphatic rings. The molecule has 2 nitrogen and oxygen atoms in total. The van der Waals surface area contributed by atoms with E-state index in [1.165, 1.54) is 11.8 Å². The van der Waals surface area contributed by atoms with Crippen molar-refractivity contribution in [2.45, 2.75) is 20.8 Å². The molecule has 0 saturated carbocycles. The summed E-state index contributed by atoms with van der Waals surface area (Å²) in [4.78, 5) is 11.2. The van der Waals surface area contributed by atoms with Gasteiger partial charge in [-0.15, -0.1) is 0 Å². The molecule has 0 aromatic rings. The smallest absolute Gasteiger partial charge is 0.148 e. The van der Waals surface area contributed by atoms with Crippen molar-refractivity contribution >= 4 is 17.5 Å². The Kier molecular flexibility index (Phi) is 4.77. The first-order chi connectivity index (χ1) is 4.98. The maximum absolute atomic E-state index is 11.2. The highest BCUT2D eigenvalue weighted by atomic mass is 32.2. The van der Waals surface area contributed by atoms with E-state index in [0.717, 1.165) is 0 Å². The summed E-state index contributed by atoms with van der Waals surface area (Å²) in [7, 11) is 0. The van der Waals surface area contributed by atoms with Crippen LogP contribution in [0.3, 0.4) is 0 Å². The van der Waals surface area contributed by atoms with E-state index in [1.54, 1.807) is 0 Å². The molecule has 0 aromatic heterocycles. The van der Waals surface area contributed by atoms with Gasteiger partial charge < -0.3 is 5.11 Å². The monoisotopic (exact) mass is 176 g/mol. The summed E-state index contributed by atoms with van der Waals surface area (Å²) >= 11 is 1.49. The summed E-state index contributed by atoms with van der Waals surface area (Å²) in [5.41, 5.74) is -0.234. The number of aliphatic hydroxyl groups is 1. The zero-order valence-electron chi connectivity index (χ0n) is 7.39. The number of Topliss-reactive ketones (excluding diaryl/α,β-unsaturated/α-hetero) is 1. The zero-order chi connectivity index (χ0) is 8.91. The number of carbonyl (C=O) groups excluding carboxylic acids is 1. The van der Waals surface area contributed by atoms with E-state index < -0.39 is 0 Å². The first kappa shape index (κ1) is 11.0. The molecule has 11 heavy (non-hydrogen) atoms. The van der Waals surface area contributed by atoms with Gasteiger partial charge in [-0.2, -0.15) is 11.8 Å². The van der Waals surface area contributed by atoms with E-state index >= 15 is 0 Å². The average Bonchev–Trinajstić information content (AvgIpc) is 1.86. The van der Waals surface area contributed by atoms with Gasteiger partial charge in [-0.3, -0.25) is 4.79 Å². The highest BCUT2D eigenvalue weighted by molar-refractivity contribution is 7.99. The molecule has 66 valence electrons. The van der Waals surface area contributed by atoms with Gasteiger partial charge in [0.2, 0.25) is 0 Å². The second-order valence-electron chi connectivity index (χ2n) is 3.45. The largest absolute Gasteiger partial charge is 0.396 e. The third-order valence-corrected chi connectivity index (χ3v) is 2.24. The molecule has 0 rings (SSSR count). The summed E-state index contributed by atoms with van der Waals surface area (Å²) in [6, 6.07) is 0. The topological polar surface area (TPSA) is 37.3 Å². The van der Waals surface area contributed by atoms with Crippen LogP contribution in [-0.4, -0.2) is 29.0 Å². The highest BCUT2D eigenvalue weighted by Gasteiger charge is 2.20. The fourth-order valence-electron chi connectivity index (χ4n) is 0.446. The van der Waals surface area contributed by atoms with Crippen LogP contribution in [0, 0.1) is 5.41 Å². The Balaban J connectivity index is 3.54. The molecular weight excluding hydrogens is 160 g/mol. The van der Waals surface area contributed by atoms with Crippen LogP contribution in [0.5, 0.6) is 0 Å². The number of thioether (sulfide) groups is 1. The summed E-state index contributed by atoms with van der Waals surface area (Å²) in [5.74, 6) is 1.42. The lowest BCUT2D eigenvalue weighted by atomic mass is 9.92. The van der Waals surface area contributed by atoms with E-state index in [0.29, 0.717) is 11.5 Å². The summed E-state index contributed by atoms with van der Waals surface area (Å²) < 4.78 is 0. The molecule has 0 fully saturated rings. The Hall–Kier alpha value is -0.0200. The van der Waals surface area contributed by atoms with Gasteiger partial charge in [0, 0.05) is 11.2 Å². The summed E-state index contributed by atoms with van der Waals surface area (Å²) in [6.07, 6.45) is 0. The molecule has 0 atom stereocenters. The first-order valence-corrected chi connectivity index (χ1v) is 4.86. The van der Waals surface area contributed by atoms with Gasteiger partial charge in [0.1, 0.15) is 5.78 Å². The van der Waals surface area contributed by atoms with E-state index in [4.69, 9.17) is 5.11 Å². The Labute approximate surface area is 72.4 Å². The van der Waals surface area contributed by atoms with E-state index in [1.807, 2.05) is 20.8 Å². The predicted molar refractivity (Wildman–Crippen MR) is 48.9 cm³/mol. The molecule has 1 N–H and O–H groups in total. The minimum absolute atomic E-state index is 0.155. The molecule has 0 saturated heterocycles. The van der Waals surface area contributed by atoms with Crippen LogP contribution >= 0.6 is 11.8 Å². The van der Waals surface area contributed by atoms with Gasteiger partial charge in [-0.25, -0.2) is 0 Å². The molecule has 0 aliphatic carbocycles. The second-order valence-corrected chi connectivity index (χ2v) is 4.55. The van der Waals surface area contributed by atoms with Crippen molar-refractivity contribution < 1.29 is 9.90 Å². The molecule has 0 spiro atoms. The Morgan fingerprint density at radius 1 is 1.45 bits per heavy atom. The lowest BCUT2D eigenvalue weighted by molar-refractivity contribution is -0.123. The van der Waals surface area contributed by atoms with Crippen molar-refractivity contribution in [3.05, 3.63) is 0 Å². The van der Waals surface area contributed by atoms with Crippen molar-refractivity contribution in [3.63, 3.8) is 0 Å². The van der Waals surface area contributed by atoms with Gasteiger partial charge in [-0.05, 0) is 0 Å². The van der Waals surface area contributed by atoms with Crippen LogP contribution in [0.15, 0.2) is 0 Å². The van der Waals surface area contributed by atoms with E-state index in [-0.39, 0.29) is 17.8 Å². The van der Waals surface area contributed by atoms with Crippen LogP contribution in [0.4, 0.5) is 0 Å². The van der Waals surface area contributed by atoms with Crippen molar-refractivity contribution in [2.24, 2.45) is 5.41 Å². The molecule has 0 aliphatic heterocycles. The number of aliphatic hydroxyl groups excluding tert-OH is 1. The van der Waals surface area contributed by atoms with Gasteiger partial charge >= 0.3 is 0 Å². The van der Waals surface area contributed by atoms with Gasteiger partial charge in [0.05, 0.1) is 12.4 Å². The lowest BCUT2D eigenvalue weighted by Gasteiger charge is -2.15. The molecule has 0 amide bonds. The Morgan fingerprint density at radius 3 is 2.36 bits per heavy atom. The van der Waals surface area contributed by atoms with Crippen LogP contribution in [0.2, 0.25) is 0 Å². The fourth-order valence-corrected chi connectivity index (χ4v) is 1.34. The number of ketones is 1. The van der Waals surface area contributed by atoms with Crippen molar-refractivity contribution in [1.82, 2.24) is 0 Å². The quantitative estimate of drug-likeness (QED) is 0.657. The molecule has 3 heteroatoms.